The van der Waals surface area contributed by atoms with E-state index in [1.54, 1.807) is 0 Å². The highest BCUT2D eigenvalue weighted by molar-refractivity contribution is 9.10. The van der Waals surface area contributed by atoms with Gasteiger partial charge in [-0.2, -0.15) is 0 Å². The summed E-state index contributed by atoms with van der Waals surface area (Å²) in [6, 6.07) is 6.86. The molecule has 7 nitrogen and oxygen atoms in total. The number of nitro groups is 1. The summed E-state index contributed by atoms with van der Waals surface area (Å²) in [6.45, 7) is 0. The molecule has 1 aromatic carbocycles. The quantitative estimate of drug-likeness (QED) is 0.678. The molecular formula is C12H7BrN2O5. The fourth-order valence-corrected chi connectivity index (χ4v) is 1.70. The standard InChI is InChI=1S/C12H7BrN2O5/c13-9-3-1-7(12(16)17)5-10(9)20-11-4-2-8(6-14-11)15(18)19/h1-6H,(H,16,17). The fourth-order valence-electron chi connectivity index (χ4n) is 1.37. The lowest BCUT2D eigenvalue weighted by Crippen LogP contribution is -1.97. The molecule has 0 aliphatic heterocycles. The molecule has 0 radical (unpaired) electrons. The fraction of sp³-hybridized carbons (Fsp3) is 0. The molecule has 20 heavy (non-hydrogen) atoms. The van der Waals surface area contributed by atoms with E-state index in [0.717, 1.165) is 6.20 Å². The summed E-state index contributed by atoms with van der Waals surface area (Å²) in [5.41, 5.74) is -0.0965. The van der Waals surface area contributed by atoms with Crippen molar-refractivity contribution in [3.8, 4) is 11.6 Å². The number of carbonyl (C=O) groups is 1. The molecule has 0 bridgehead atoms. The number of nitrogens with zero attached hydrogens (tertiary/aromatic N) is 2. The number of hydrogen-bond acceptors (Lipinski definition) is 5. The first kappa shape index (κ1) is 13.9. The summed E-state index contributed by atoms with van der Waals surface area (Å²) in [6.07, 6.45) is 1.06. The second-order valence-corrected chi connectivity index (χ2v) is 4.52. The first-order chi connectivity index (χ1) is 9.47. The first-order valence-corrected chi connectivity index (χ1v) is 6.08. The number of rotatable bonds is 4. The summed E-state index contributed by atoms with van der Waals surface area (Å²) >= 11 is 3.22. The minimum atomic E-state index is -1.08. The Bertz CT molecular complexity index is 672. The van der Waals surface area contributed by atoms with E-state index in [-0.39, 0.29) is 22.9 Å². The topological polar surface area (TPSA) is 103 Å². The minimum absolute atomic E-state index is 0.0603. The van der Waals surface area contributed by atoms with Crippen LogP contribution in [0.15, 0.2) is 41.0 Å². The zero-order chi connectivity index (χ0) is 14.7. The molecule has 8 heteroatoms. The van der Waals surface area contributed by atoms with Crippen molar-refractivity contribution in [2.75, 3.05) is 0 Å². The molecule has 102 valence electrons. The predicted octanol–water partition coefficient (Wildman–Crippen LogP) is 3.24. The van der Waals surface area contributed by atoms with Gasteiger partial charge in [0.1, 0.15) is 11.9 Å². The van der Waals surface area contributed by atoms with Gasteiger partial charge in [0.05, 0.1) is 15.0 Å². The van der Waals surface area contributed by atoms with Crippen LogP contribution in [0.25, 0.3) is 0 Å². The maximum Gasteiger partial charge on any atom is 0.335 e. The molecular weight excluding hydrogens is 332 g/mol. The van der Waals surface area contributed by atoms with Gasteiger partial charge in [0.2, 0.25) is 5.88 Å². The number of aromatic carboxylic acids is 1. The molecule has 1 N–H and O–H groups in total. The van der Waals surface area contributed by atoms with Crippen LogP contribution in [0.3, 0.4) is 0 Å². The Hall–Kier alpha value is -2.48. The van der Waals surface area contributed by atoms with Gasteiger partial charge < -0.3 is 9.84 Å². The van der Waals surface area contributed by atoms with E-state index in [4.69, 9.17) is 9.84 Å². The molecule has 1 heterocycles. The highest BCUT2D eigenvalue weighted by atomic mass is 79.9. The van der Waals surface area contributed by atoms with E-state index < -0.39 is 10.9 Å². The summed E-state index contributed by atoms with van der Waals surface area (Å²) in [5.74, 6) is -0.705. The lowest BCUT2D eigenvalue weighted by molar-refractivity contribution is -0.385. The van der Waals surface area contributed by atoms with Gasteiger partial charge in [-0.1, -0.05) is 0 Å². The van der Waals surface area contributed by atoms with Crippen LogP contribution < -0.4 is 4.74 Å². The highest BCUT2D eigenvalue weighted by Gasteiger charge is 2.11. The number of hydrogen-bond donors (Lipinski definition) is 1. The molecule has 0 saturated heterocycles. The monoisotopic (exact) mass is 338 g/mol. The van der Waals surface area contributed by atoms with Crippen LogP contribution in [0.2, 0.25) is 0 Å². The van der Waals surface area contributed by atoms with Crippen LogP contribution in [-0.4, -0.2) is 21.0 Å². The van der Waals surface area contributed by atoms with Crippen LogP contribution >= 0.6 is 15.9 Å². The second-order valence-electron chi connectivity index (χ2n) is 3.66. The lowest BCUT2D eigenvalue weighted by atomic mass is 10.2. The Kier molecular flexibility index (Phi) is 3.94. The maximum absolute atomic E-state index is 10.9. The number of ether oxygens (including phenoxy) is 1. The number of halogens is 1. The molecule has 2 aromatic rings. The second kappa shape index (κ2) is 5.66. The predicted molar refractivity (Wildman–Crippen MR) is 72.1 cm³/mol. The van der Waals surface area contributed by atoms with Gasteiger partial charge in [-0.05, 0) is 34.1 Å². The van der Waals surface area contributed by atoms with Crippen LogP contribution in [-0.2, 0) is 0 Å². The molecule has 0 unspecified atom stereocenters. The van der Waals surface area contributed by atoms with Gasteiger partial charge >= 0.3 is 5.97 Å². The Morgan fingerprint density at radius 1 is 1.35 bits per heavy atom. The Labute approximate surface area is 121 Å². The summed E-state index contributed by atoms with van der Waals surface area (Å²) in [5, 5.41) is 19.4. The van der Waals surface area contributed by atoms with Crippen molar-refractivity contribution in [1.82, 2.24) is 4.98 Å². The molecule has 0 fully saturated rings. The van der Waals surface area contributed by atoms with Crippen LogP contribution in [0, 0.1) is 10.1 Å². The summed E-state index contributed by atoms with van der Waals surface area (Å²) in [7, 11) is 0. The van der Waals surface area contributed by atoms with Gasteiger partial charge in [0.15, 0.2) is 0 Å². The number of carboxylic acids is 1. The van der Waals surface area contributed by atoms with Crippen molar-refractivity contribution < 1.29 is 19.6 Å². The van der Waals surface area contributed by atoms with E-state index in [1.165, 1.54) is 30.3 Å². The molecule has 0 saturated carbocycles. The van der Waals surface area contributed by atoms with Crippen molar-refractivity contribution >= 4 is 27.6 Å². The minimum Gasteiger partial charge on any atom is -0.478 e. The maximum atomic E-state index is 10.9. The molecule has 0 spiro atoms. The van der Waals surface area contributed by atoms with Gasteiger partial charge in [-0.15, -0.1) is 0 Å². The van der Waals surface area contributed by atoms with E-state index >= 15 is 0 Å². The average Bonchev–Trinajstić information content (AvgIpc) is 2.41. The SMILES string of the molecule is O=C(O)c1ccc(Br)c(Oc2ccc([N+](=O)[O-])cn2)c1. The normalized spacial score (nSPS) is 10.1. The van der Waals surface area contributed by atoms with Crippen molar-refractivity contribution in [1.29, 1.82) is 0 Å². The van der Waals surface area contributed by atoms with E-state index in [2.05, 4.69) is 20.9 Å². The third-order valence-corrected chi connectivity index (χ3v) is 2.98. The number of carboxylic acid groups (broad SMARTS) is 1. The van der Waals surface area contributed by atoms with E-state index in [9.17, 15) is 14.9 Å². The highest BCUT2D eigenvalue weighted by Crippen LogP contribution is 2.30. The molecule has 0 atom stereocenters. The Morgan fingerprint density at radius 3 is 2.65 bits per heavy atom. The Morgan fingerprint density at radius 2 is 2.10 bits per heavy atom. The smallest absolute Gasteiger partial charge is 0.335 e. The van der Waals surface area contributed by atoms with Crippen LogP contribution in [0.1, 0.15) is 10.4 Å². The summed E-state index contributed by atoms with van der Waals surface area (Å²) < 4.78 is 5.93. The Balaban J connectivity index is 2.27. The molecule has 0 aliphatic rings. The van der Waals surface area contributed by atoms with Gasteiger partial charge in [-0.25, -0.2) is 9.78 Å². The number of aromatic nitrogens is 1. The van der Waals surface area contributed by atoms with Gasteiger partial charge in [-0.3, -0.25) is 10.1 Å². The zero-order valence-electron chi connectivity index (χ0n) is 9.82. The van der Waals surface area contributed by atoms with Crippen molar-refractivity contribution in [3.05, 3.63) is 56.7 Å². The third kappa shape index (κ3) is 3.09. The molecule has 2 rings (SSSR count). The first-order valence-electron chi connectivity index (χ1n) is 5.28. The number of pyridine rings is 1. The van der Waals surface area contributed by atoms with Crippen LogP contribution in [0.5, 0.6) is 11.6 Å². The molecule has 0 aliphatic carbocycles. The van der Waals surface area contributed by atoms with Crippen molar-refractivity contribution in [3.63, 3.8) is 0 Å². The lowest BCUT2D eigenvalue weighted by Gasteiger charge is -2.07. The van der Waals surface area contributed by atoms with Crippen LogP contribution in [0.4, 0.5) is 5.69 Å². The van der Waals surface area contributed by atoms with Crippen molar-refractivity contribution in [2.45, 2.75) is 0 Å². The van der Waals surface area contributed by atoms with Crippen molar-refractivity contribution in [2.24, 2.45) is 0 Å². The largest absolute Gasteiger partial charge is 0.478 e. The zero-order valence-corrected chi connectivity index (χ0v) is 11.4. The van der Waals surface area contributed by atoms with E-state index in [1.807, 2.05) is 0 Å². The van der Waals surface area contributed by atoms with E-state index in [0.29, 0.717) is 4.47 Å². The van der Waals surface area contributed by atoms with Gasteiger partial charge in [0.25, 0.3) is 5.69 Å². The number of benzene rings is 1. The average molecular weight is 339 g/mol. The third-order valence-electron chi connectivity index (χ3n) is 2.32. The van der Waals surface area contributed by atoms with Gasteiger partial charge in [0, 0.05) is 12.1 Å². The molecule has 0 amide bonds. The summed E-state index contributed by atoms with van der Waals surface area (Å²) in [4.78, 5) is 24.6. The molecule has 1 aromatic heterocycles.